The summed E-state index contributed by atoms with van der Waals surface area (Å²) in [5, 5.41) is 9.59. The zero-order valence-electron chi connectivity index (χ0n) is 35.8. The van der Waals surface area contributed by atoms with E-state index >= 15 is 0 Å². The van der Waals surface area contributed by atoms with Crippen LogP contribution in [-0.4, -0.2) is 36.4 Å². The molecule has 53 heavy (non-hydrogen) atoms. The Morgan fingerprint density at radius 2 is 0.717 bits per heavy atom. The summed E-state index contributed by atoms with van der Waals surface area (Å²) in [4.78, 5) is 24.3. The Hall–Kier alpha value is -1.36. The Labute approximate surface area is 331 Å². The van der Waals surface area contributed by atoms with Crippen LogP contribution >= 0.6 is 0 Å². The van der Waals surface area contributed by atoms with Crippen molar-refractivity contribution in [1.82, 2.24) is 0 Å². The first-order valence-corrected chi connectivity index (χ1v) is 23.7. The van der Waals surface area contributed by atoms with Crippen molar-refractivity contribution in [2.75, 3.05) is 13.2 Å². The van der Waals surface area contributed by atoms with Crippen LogP contribution in [0.3, 0.4) is 0 Å². The van der Waals surface area contributed by atoms with Gasteiger partial charge in [0.15, 0.2) is 6.10 Å². The van der Waals surface area contributed by atoms with Crippen molar-refractivity contribution in [2.24, 2.45) is 0 Å². The molecule has 0 rings (SSSR count). The molecular formula is C48H92O5. The number of unbranched alkanes of at least 4 members (excludes halogenated alkanes) is 34. The summed E-state index contributed by atoms with van der Waals surface area (Å²) in [6.07, 6.45) is 53.1. The highest BCUT2D eigenvalue weighted by Crippen LogP contribution is 2.16. The maximum Gasteiger partial charge on any atom is 0.306 e. The molecule has 0 amide bonds. The Balaban J connectivity index is 3.48. The minimum atomic E-state index is -0.776. The van der Waals surface area contributed by atoms with E-state index in [1.54, 1.807) is 0 Å². The number of ether oxygens (including phenoxy) is 2. The van der Waals surface area contributed by atoms with Crippen molar-refractivity contribution in [3.63, 3.8) is 0 Å². The number of hydrogen-bond donors (Lipinski definition) is 1. The Morgan fingerprint density at radius 1 is 0.415 bits per heavy atom. The fourth-order valence-electron chi connectivity index (χ4n) is 7.21. The third-order valence-electron chi connectivity index (χ3n) is 10.8. The van der Waals surface area contributed by atoms with Crippen LogP contribution in [0.4, 0.5) is 0 Å². The molecule has 0 fully saturated rings. The second kappa shape index (κ2) is 45.0. The highest BCUT2D eigenvalue weighted by Gasteiger charge is 2.16. The van der Waals surface area contributed by atoms with Gasteiger partial charge < -0.3 is 14.6 Å². The monoisotopic (exact) mass is 749 g/mol. The van der Waals surface area contributed by atoms with Crippen LogP contribution in [0.25, 0.3) is 0 Å². The first-order chi connectivity index (χ1) is 26.1. The molecule has 314 valence electrons. The van der Waals surface area contributed by atoms with Crippen LogP contribution < -0.4 is 0 Å². The molecule has 1 atom stereocenters. The van der Waals surface area contributed by atoms with E-state index in [1.165, 1.54) is 199 Å². The number of rotatable bonds is 44. The first-order valence-electron chi connectivity index (χ1n) is 23.7. The van der Waals surface area contributed by atoms with Crippen molar-refractivity contribution in [1.29, 1.82) is 0 Å². The lowest BCUT2D eigenvalue weighted by molar-refractivity contribution is -0.161. The molecule has 1 N–H and O–H groups in total. The van der Waals surface area contributed by atoms with Gasteiger partial charge in [0.05, 0.1) is 6.61 Å². The van der Waals surface area contributed by atoms with E-state index in [-0.39, 0.29) is 25.2 Å². The number of aliphatic hydroxyl groups is 1. The minimum Gasteiger partial charge on any atom is -0.462 e. The van der Waals surface area contributed by atoms with Gasteiger partial charge in [-0.2, -0.15) is 0 Å². The lowest BCUT2D eigenvalue weighted by Gasteiger charge is -2.15. The Morgan fingerprint density at radius 3 is 1.08 bits per heavy atom. The van der Waals surface area contributed by atoms with Gasteiger partial charge in [-0.1, -0.05) is 231 Å². The van der Waals surface area contributed by atoms with Gasteiger partial charge in [0.25, 0.3) is 0 Å². The molecule has 0 unspecified atom stereocenters. The van der Waals surface area contributed by atoms with Gasteiger partial charge in [0.1, 0.15) is 6.61 Å². The van der Waals surface area contributed by atoms with Crippen LogP contribution in [0.15, 0.2) is 12.2 Å². The zero-order valence-corrected chi connectivity index (χ0v) is 35.8. The van der Waals surface area contributed by atoms with E-state index in [0.717, 1.165) is 38.5 Å². The molecule has 0 aromatic carbocycles. The quantitative estimate of drug-likeness (QED) is 0.0381. The summed E-state index contributed by atoms with van der Waals surface area (Å²) < 4.78 is 10.6. The average molecular weight is 749 g/mol. The van der Waals surface area contributed by atoms with E-state index in [9.17, 15) is 14.7 Å². The normalized spacial score (nSPS) is 12.1. The highest BCUT2D eigenvalue weighted by atomic mass is 16.6. The zero-order chi connectivity index (χ0) is 38.6. The fourth-order valence-corrected chi connectivity index (χ4v) is 7.21. The molecule has 0 bridgehead atoms. The van der Waals surface area contributed by atoms with Crippen molar-refractivity contribution >= 4 is 11.9 Å². The lowest BCUT2D eigenvalue weighted by Crippen LogP contribution is -2.28. The number of hydrogen-bond acceptors (Lipinski definition) is 5. The van der Waals surface area contributed by atoms with Crippen LogP contribution in [-0.2, 0) is 19.1 Å². The molecule has 0 aromatic rings. The van der Waals surface area contributed by atoms with Gasteiger partial charge >= 0.3 is 11.9 Å². The molecule has 0 aliphatic heterocycles. The summed E-state index contributed by atoms with van der Waals surface area (Å²) in [6.45, 7) is 4.16. The number of aliphatic hydroxyl groups excluding tert-OH is 1. The van der Waals surface area contributed by atoms with Crippen molar-refractivity contribution in [2.45, 2.75) is 270 Å². The summed E-state index contributed by atoms with van der Waals surface area (Å²) >= 11 is 0. The van der Waals surface area contributed by atoms with Crippen LogP contribution in [0.1, 0.15) is 264 Å². The van der Waals surface area contributed by atoms with E-state index in [4.69, 9.17) is 9.47 Å². The summed E-state index contributed by atoms with van der Waals surface area (Å²) in [5.74, 6) is -0.611. The highest BCUT2D eigenvalue weighted by molar-refractivity contribution is 5.70. The van der Waals surface area contributed by atoms with Gasteiger partial charge in [-0.3, -0.25) is 9.59 Å². The van der Waals surface area contributed by atoms with E-state index < -0.39 is 6.10 Å². The van der Waals surface area contributed by atoms with Gasteiger partial charge in [-0.15, -0.1) is 0 Å². The maximum atomic E-state index is 12.2. The molecule has 0 aliphatic carbocycles. The van der Waals surface area contributed by atoms with Gasteiger partial charge in [0.2, 0.25) is 0 Å². The van der Waals surface area contributed by atoms with Crippen LogP contribution in [0.2, 0.25) is 0 Å². The maximum absolute atomic E-state index is 12.2. The molecule has 0 saturated carbocycles. The van der Waals surface area contributed by atoms with Crippen LogP contribution in [0, 0.1) is 0 Å². The van der Waals surface area contributed by atoms with Crippen molar-refractivity contribution < 1.29 is 24.2 Å². The predicted octanol–water partition coefficient (Wildman–Crippen LogP) is 15.2. The molecule has 0 heterocycles. The summed E-state index contributed by atoms with van der Waals surface area (Å²) in [5.41, 5.74) is 0. The molecule has 5 nitrogen and oxygen atoms in total. The standard InChI is InChI=1S/C48H92O5/c1-3-5-7-9-11-13-15-17-19-21-22-23-24-25-26-27-29-30-32-34-36-38-40-42-47(50)52-45-46(44-49)53-48(51)43-41-39-37-35-33-31-28-20-18-16-14-12-10-8-6-4-2/h34,36,46,49H,3-33,35,37-45H2,1-2H3/b36-34+/t46-/m0/s1. The molecule has 5 heteroatoms. The predicted molar refractivity (Wildman–Crippen MR) is 228 cm³/mol. The average Bonchev–Trinajstić information content (AvgIpc) is 3.16. The summed E-state index contributed by atoms with van der Waals surface area (Å²) in [7, 11) is 0. The third-order valence-corrected chi connectivity index (χ3v) is 10.8. The third kappa shape index (κ3) is 43.2. The molecular weight excluding hydrogens is 657 g/mol. The SMILES string of the molecule is CCCCCCCCCCCCCCCCCCCC/C=C/CCCC(=O)OC[C@H](CO)OC(=O)CCCCCCCCCCCCCCCCCC. The summed E-state index contributed by atoms with van der Waals surface area (Å²) in [6, 6.07) is 0. The van der Waals surface area contributed by atoms with Gasteiger partial charge in [0, 0.05) is 12.8 Å². The second-order valence-corrected chi connectivity index (χ2v) is 16.2. The van der Waals surface area contributed by atoms with Gasteiger partial charge in [-0.05, 0) is 32.1 Å². The molecule has 0 spiro atoms. The fraction of sp³-hybridized carbons (Fsp3) is 0.917. The first kappa shape index (κ1) is 51.6. The van der Waals surface area contributed by atoms with Crippen molar-refractivity contribution in [3.8, 4) is 0 Å². The van der Waals surface area contributed by atoms with Crippen molar-refractivity contribution in [3.05, 3.63) is 12.2 Å². The molecule has 0 saturated heterocycles. The Kier molecular flexibility index (Phi) is 43.9. The molecule has 0 radical (unpaired) electrons. The second-order valence-electron chi connectivity index (χ2n) is 16.2. The Bertz CT molecular complexity index is 765. The lowest BCUT2D eigenvalue weighted by atomic mass is 10.0. The van der Waals surface area contributed by atoms with Gasteiger partial charge in [-0.25, -0.2) is 0 Å². The smallest absolute Gasteiger partial charge is 0.306 e. The number of carbonyl (C=O) groups excluding carboxylic acids is 2. The van der Waals surface area contributed by atoms with E-state index in [0.29, 0.717) is 12.8 Å². The molecule has 0 aliphatic rings. The molecule has 0 aromatic heterocycles. The van der Waals surface area contributed by atoms with Crippen LogP contribution in [0.5, 0.6) is 0 Å². The number of allylic oxidation sites excluding steroid dienone is 2. The van der Waals surface area contributed by atoms with E-state index in [2.05, 4.69) is 26.0 Å². The number of carbonyl (C=O) groups is 2. The van der Waals surface area contributed by atoms with E-state index in [1.807, 2.05) is 0 Å². The number of esters is 2. The minimum absolute atomic E-state index is 0.0742. The topological polar surface area (TPSA) is 72.8 Å². The largest absolute Gasteiger partial charge is 0.462 e.